The van der Waals surface area contributed by atoms with Crippen LogP contribution < -0.4 is 0 Å². The van der Waals surface area contributed by atoms with E-state index in [4.69, 9.17) is 0 Å². The summed E-state index contributed by atoms with van der Waals surface area (Å²) in [6.07, 6.45) is -2.17. The van der Waals surface area contributed by atoms with Gasteiger partial charge in [0, 0.05) is 5.25 Å². The number of hydrogen-bond acceptors (Lipinski definition) is 2. The first-order valence-electron chi connectivity index (χ1n) is 4.68. The zero-order valence-electron chi connectivity index (χ0n) is 8.14. The van der Waals surface area contributed by atoms with Gasteiger partial charge in [-0.1, -0.05) is 6.07 Å². The van der Waals surface area contributed by atoms with Crippen molar-refractivity contribution in [1.29, 1.82) is 0 Å². The van der Waals surface area contributed by atoms with Crippen LogP contribution in [0.3, 0.4) is 0 Å². The van der Waals surface area contributed by atoms with E-state index in [9.17, 15) is 13.2 Å². The number of aryl methyl sites for hydroxylation is 1. The molecule has 1 nitrogen and oxygen atoms in total. The summed E-state index contributed by atoms with van der Waals surface area (Å²) in [5.41, 5.74) is 0.0242. The van der Waals surface area contributed by atoms with Crippen LogP contribution in [-0.2, 0) is 6.18 Å². The third-order valence-electron chi connectivity index (χ3n) is 2.14. The van der Waals surface area contributed by atoms with Crippen LogP contribution in [0.1, 0.15) is 24.1 Å². The molecule has 1 heterocycles. The minimum absolute atomic E-state index is 0.472. The van der Waals surface area contributed by atoms with Crippen LogP contribution in [-0.4, -0.2) is 10.2 Å². The molecule has 0 radical (unpaired) electrons. The van der Waals surface area contributed by atoms with Crippen LogP contribution in [0.2, 0.25) is 0 Å². The molecule has 1 aromatic heterocycles. The molecule has 5 heteroatoms. The molecule has 1 aliphatic rings. The fourth-order valence-electron chi connectivity index (χ4n) is 1.13. The molecule has 0 aliphatic heterocycles. The molecule has 1 saturated carbocycles. The standard InChI is InChI=1S/C10H10F3NS/c1-6-2-5-8(10(11,12)13)14-9(6)15-7-3-4-7/h2,5,7H,3-4H2,1H3. The molecule has 0 atom stereocenters. The van der Waals surface area contributed by atoms with E-state index >= 15 is 0 Å². The Morgan fingerprint density at radius 3 is 2.53 bits per heavy atom. The minimum atomic E-state index is -4.34. The SMILES string of the molecule is Cc1ccc(C(F)(F)F)nc1SC1CC1. The lowest BCUT2D eigenvalue weighted by atomic mass is 10.3. The van der Waals surface area contributed by atoms with Crippen molar-refractivity contribution in [2.75, 3.05) is 0 Å². The summed E-state index contributed by atoms with van der Waals surface area (Å²) in [5, 5.41) is 0.993. The fourth-order valence-corrected chi connectivity index (χ4v) is 2.22. The molecule has 0 unspecified atom stereocenters. The van der Waals surface area contributed by atoms with Crippen molar-refractivity contribution in [2.24, 2.45) is 0 Å². The maximum Gasteiger partial charge on any atom is 0.433 e. The molecule has 0 bridgehead atoms. The van der Waals surface area contributed by atoms with Gasteiger partial charge < -0.3 is 0 Å². The monoisotopic (exact) mass is 233 g/mol. The van der Waals surface area contributed by atoms with Gasteiger partial charge in [0.25, 0.3) is 0 Å². The Morgan fingerprint density at radius 2 is 2.00 bits per heavy atom. The van der Waals surface area contributed by atoms with Gasteiger partial charge in [0.05, 0.1) is 5.03 Å². The molecule has 15 heavy (non-hydrogen) atoms. The van der Waals surface area contributed by atoms with Crippen molar-refractivity contribution in [1.82, 2.24) is 4.98 Å². The van der Waals surface area contributed by atoms with E-state index in [1.165, 1.54) is 17.8 Å². The lowest BCUT2D eigenvalue weighted by Crippen LogP contribution is -2.08. The molecular formula is C10H10F3NS. The molecule has 2 rings (SSSR count). The predicted octanol–water partition coefficient (Wildman–Crippen LogP) is 3.66. The first-order valence-corrected chi connectivity index (χ1v) is 5.56. The highest BCUT2D eigenvalue weighted by Gasteiger charge is 2.33. The van der Waals surface area contributed by atoms with E-state index in [1.807, 2.05) is 0 Å². The van der Waals surface area contributed by atoms with Gasteiger partial charge in [0.2, 0.25) is 0 Å². The molecule has 82 valence electrons. The lowest BCUT2D eigenvalue weighted by molar-refractivity contribution is -0.141. The Labute approximate surface area is 90.1 Å². The maximum absolute atomic E-state index is 12.4. The van der Waals surface area contributed by atoms with Crippen LogP contribution in [0, 0.1) is 6.92 Å². The van der Waals surface area contributed by atoms with Crippen LogP contribution in [0.4, 0.5) is 13.2 Å². The van der Waals surface area contributed by atoms with E-state index < -0.39 is 11.9 Å². The van der Waals surface area contributed by atoms with Crippen LogP contribution >= 0.6 is 11.8 Å². The Kier molecular flexibility index (Phi) is 2.66. The van der Waals surface area contributed by atoms with Gasteiger partial charge in [-0.25, -0.2) is 4.98 Å². The average Bonchev–Trinajstić information content (AvgIpc) is 2.90. The van der Waals surface area contributed by atoms with Gasteiger partial charge >= 0.3 is 6.18 Å². The smallest absolute Gasteiger partial charge is 0.237 e. The predicted molar refractivity (Wildman–Crippen MR) is 52.9 cm³/mol. The molecule has 1 aliphatic carbocycles. The van der Waals surface area contributed by atoms with E-state index in [-0.39, 0.29) is 0 Å². The Bertz CT molecular complexity index is 371. The number of halogens is 3. The van der Waals surface area contributed by atoms with Gasteiger partial charge in [-0.15, -0.1) is 11.8 Å². The number of aromatic nitrogens is 1. The van der Waals surface area contributed by atoms with Gasteiger partial charge in [-0.3, -0.25) is 0 Å². The number of thioether (sulfide) groups is 1. The van der Waals surface area contributed by atoms with Gasteiger partial charge in [0.15, 0.2) is 0 Å². The molecule has 1 aromatic rings. The van der Waals surface area contributed by atoms with E-state index in [1.54, 1.807) is 6.92 Å². The third-order valence-corrected chi connectivity index (χ3v) is 3.58. The highest BCUT2D eigenvalue weighted by molar-refractivity contribution is 8.00. The number of hydrogen-bond donors (Lipinski definition) is 0. The second-order valence-corrected chi connectivity index (χ2v) is 4.92. The first kappa shape index (κ1) is 10.8. The molecule has 0 N–H and O–H groups in total. The van der Waals surface area contributed by atoms with Crippen LogP contribution in [0.5, 0.6) is 0 Å². The Morgan fingerprint density at radius 1 is 1.33 bits per heavy atom. The van der Waals surface area contributed by atoms with Crippen molar-refractivity contribution in [3.8, 4) is 0 Å². The van der Waals surface area contributed by atoms with Crippen molar-refractivity contribution < 1.29 is 13.2 Å². The quantitative estimate of drug-likeness (QED) is 0.773. The van der Waals surface area contributed by atoms with Crippen molar-refractivity contribution in [3.63, 3.8) is 0 Å². The molecular weight excluding hydrogens is 223 g/mol. The Balaban J connectivity index is 2.27. The molecule has 0 amide bonds. The summed E-state index contributed by atoms with van der Waals surface area (Å²) in [7, 11) is 0. The number of nitrogens with zero attached hydrogens (tertiary/aromatic N) is 1. The topological polar surface area (TPSA) is 12.9 Å². The van der Waals surface area contributed by atoms with E-state index in [0.717, 1.165) is 24.5 Å². The lowest BCUT2D eigenvalue weighted by Gasteiger charge is -2.09. The number of rotatable bonds is 2. The second-order valence-electron chi connectivity index (χ2n) is 3.63. The number of pyridine rings is 1. The zero-order valence-corrected chi connectivity index (χ0v) is 8.95. The summed E-state index contributed by atoms with van der Waals surface area (Å²) in [6.45, 7) is 1.79. The zero-order chi connectivity index (χ0) is 11.1. The van der Waals surface area contributed by atoms with Gasteiger partial charge in [-0.2, -0.15) is 13.2 Å². The summed E-state index contributed by atoms with van der Waals surface area (Å²) in [6, 6.07) is 2.52. The highest BCUT2D eigenvalue weighted by Crippen LogP contribution is 2.40. The van der Waals surface area contributed by atoms with Crippen molar-refractivity contribution >= 4 is 11.8 Å². The molecule has 1 fully saturated rings. The maximum atomic E-state index is 12.4. The first-order chi connectivity index (χ1) is 6.97. The molecule has 0 saturated heterocycles. The minimum Gasteiger partial charge on any atom is -0.237 e. The van der Waals surface area contributed by atoms with Crippen LogP contribution in [0.25, 0.3) is 0 Å². The second kappa shape index (κ2) is 3.70. The number of alkyl halides is 3. The van der Waals surface area contributed by atoms with Crippen LogP contribution in [0.15, 0.2) is 17.2 Å². The third kappa shape index (κ3) is 2.65. The summed E-state index contributed by atoms with van der Waals surface area (Å²) >= 11 is 1.46. The normalized spacial score (nSPS) is 16.8. The van der Waals surface area contributed by atoms with E-state index in [0.29, 0.717) is 10.3 Å². The highest BCUT2D eigenvalue weighted by atomic mass is 32.2. The fraction of sp³-hybridized carbons (Fsp3) is 0.500. The largest absolute Gasteiger partial charge is 0.433 e. The van der Waals surface area contributed by atoms with Crippen molar-refractivity contribution in [3.05, 3.63) is 23.4 Å². The van der Waals surface area contributed by atoms with E-state index in [2.05, 4.69) is 4.98 Å². The summed E-state index contributed by atoms with van der Waals surface area (Å²) < 4.78 is 37.1. The average molecular weight is 233 g/mol. The van der Waals surface area contributed by atoms with Gasteiger partial charge in [-0.05, 0) is 31.4 Å². The summed E-state index contributed by atoms with van der Waals surface area (Å²) in [5.74, 6) is 0. The summed E-state index contributed by atoms with van der Waals surface area (Å²) in [4.78, 5) is 3.66. The molecule has 0 aromatic carbocycles. The van der Waals surface area contributed by atoms with Crippen molar-refractivity contribution in [2.45, 2.75) is 36.2 Å². The Hall–Kier alpha value is -0.710. The van der Waals surface area contributed by atoms with Gasteiger partial charge in [0.1, 0.15) is 5.69 Å². The molecule has 0 spiro atoms.